The lowest BCUT2D eigenvalue weighted by atomic mass is 10.2. The normalized spacial score (nSPS) is 18.1. The predicted molar refractivity (Wildman–Crippen MR) is 102 cm³/mol. The zero-order chi connectivity index (χ0) is 19.4. The SMILES string of the molecule is CCN(C(=O)c1ccc(Nc2cccc(OC)c2)nn1)C1CCS(=O)(=O)C1. The number of sulfone groups is 1. The van der Waals surface area contributed by atoms with E-state index in [2.05, 4.69) is 15.5 Å². The molecule has 1 amide bonds. The molecule has 0 radical (unpaired) electrons. The fourth-order valence-corrected chi connectivity index (χ4v) is 4.83. The maximum atomic E-state index is 12.7. The highest BCUT2D eigenvalue weighted by molar-refractivity contribution is 7.91. The van der Waals surface area contributed by atoms with E-state index >= 15 is 0 Å². The maximum absolute atomic E-state index is 12.7. The Bertz CT molecular complexity index is 915. The van der Waals surface area contributed by atoms with Crippen LogP contribution >= 0.6 is 0 Å². The minimum absolute atomic E-state index is 0.00941. The van der Waals surface area contributed by atoms with Gasteiger partial charge in [-0.25, -0.2) is 8.42 Å². The van der Waals surface area contributed by atoms with Crippen molar-refractivity contribution in [3.63, 3.8) is 0 Å². The summed E-state index contributed by atoms with van der Waals surface area (Å²) in [4.78, 5) is 14.3. The molecule has 144 valence electrons. The fraction of sp³-hybridized carbons (Fsp3) is 0.389. The van der Waals surface area contributed by atoms with Crippen molar-refractivity contribution in [3.8, 4) is 5.75 Å². The Morgan fingerprint density at radius 3 is 2.70 bits per heavy atom. The number of aromatic nitrogens is 2. The first-order valence-corrected chi connectivity index (χ1v) is 10.5. The first-order chi connectivity index (χ1) is 12.9. The van der Waals surface area contributed by atoms with Crippen molar-refractivity contribution in [2.45, 2.75) is 19.4 Å². The highest BCUT2D eigenvalue weighted by Crippen LogP contribution is 2.21. The number of amides is 1. The molecule has 0 aliphatic carbocycles. The first-order valence-electron chi connectivity index (χ1n) is 8.68. The van der Waals surface area contributed by atoms with E-state index in [1.165, 1.54) is 0 Å². The van der Waals surface area contributed by atoms with Crippen molar-refractivity contribution in [1.29, 1.82) is 0 Å². The highest BCUT2D eigenvalue weighted by Gasteiger charge is 2.34. The van der Waals surface area contributed by atoms with E-state index in [1.54, 1.807) is 24.1 Å². The van der Waals surface area contributed by atoms with Crippen molar-refractivity contribution < 1.29 is 17.9 Å². The molecule has 1 saturated heterocycles. The number of carbonyl (C=O) groups excluding carboxylic acids is 1. The molecule has 2 heterocycles. The van der Waals surface area contributed by atoms with Crippen LogP contribution in [0.2, 0.25) is 0 Å². The summed E-state index contributed by atoms with van der Waals surface area (Å²) in [7, 11) is -1.47. The van der Waals surface area contributed by atoms with Gasteiger partial charge in [0.2, 0.25) is 0 Å². The first kappa shape index (κ1) is 19.1. The molecule has 1 atom stereocenters. The van der Waals surface area contributed by atoms with E-state index in [1.807, 2.05) is 31.2 Å². The summed E-state index contributed by atoms with van der Waals surface area (Å²) in [6.07, 6.45) is 0.463. The van der Waals surface area contributed by atoms with Crippen molar-refractivity contribution in [3.05, 3.63) is 42.1 Å². The largest absolute Gasteiger partial charge is 0.497 e. The van der Waals surface area contributed by atoms with Gasteiger partial charge in [0.15, 0.2) is 21.3 Å². The predicted octanol–water partition coefficient (Wildman–Crippen LogP) is 1.88. The zero-order valence-corrected chi connectivity index (χ0v) is 16.1. The summed E-state index contributed by atoms with van der Waals surface area (Å²) >= 11 is 0. The lowest BCUT2D eigenvalue weighted by molar-refractivity contribution is 0.0701. The third-order valence-electron chi connectivity index (χ3n) is 4.48. The summed E-state index contributed by atoms with van der Waals surface area (Å²) in [5, 5.41) is 11.2. The number of nitrogens with one attached hydrogen (secondary N) is 1. The second kappa shape index (κ2) is 7.91. The van der Waals surface area contributed by atoms with E-state index in [0.29, 0.717) is 24.5 Å². The molecule has 1 aliphatic rings. The van der Waals surface area contributed by atoms with E-state index < -0.39 is 9.84 Å². The standard InChI is InChI=1S/C18H22N4O4S/c1-3-22(14-9-10-27(24,25)12-14)18(23)16-7-8-17(21-20-16)19-13-5-4-6-15(11-13)26-2/h4-8,11,14H,3,9-10,12H2,1-2H3,(H,19,21). The van der Waals surface area contributed by atoms with Crippen LogP contribution in [0.25, 0.3) is 0 Å². The van der Waals surface area contributed by atoms with Gasteiger partial charge in [0.25, 0.3) is 5.91 Å². The molecule has 9 heteroatoms. The Labute approximate surface area is 158 Å². The number of carbonyl (C=O) groups is 1. The number of anilines is 2. The molecule has 0 spiro atoms. The van der Waals surface area contributed by atoms with Gasteiger partial charge in [0, 0.05) is 24.3 Å². The van der Waals surface area contributed by atoms with Crippen molar-refractivity contribution in [2.75, 3.05) is 30.5 Å². The summed E-state index contributed by atoms with van der Waals surface area (Å²) in [6.45, 7) is 2.25. The highest BCUT2D eigenvalue weighted by atomic mass is 32.2. The molecule has 1 unspecified atom stereocenters. The van der Waals surface area contributed by atoms with Crippen LogP contribution in [0.4, 0.5) is 11.5 Å². The smallest absolute Gasteiger partial charge is 0.274 e. The summed E-state index contributed by atoms with van der Waals surface area (Å²) < 4.78 is 28.6. The van der Waals surface area contributed by atoms with Crippen LogP contribution in [-0.2, 0) is 9.84 Å². The van der Waals surface area contributed by atoms with Crippen molar-refractivity contribution in [2.24, 2.45) is 0 Å². The lowest BCUT2D eigenvalue weighted by Gasteiger charge is -2.26. The monoisotopic (exact) mass is 390 g/mol. The minimum Gasteiger partial charge on any atom is -0.497 e. The number of ether oxygens (including phenoxy) is 1. The molecule has 0 saturated carbocycles. The molecule has 2 aromatic rings. The van der Waals surface area contributed by atoms with Gasteiger partial charge in [0.1, 0.15) is 5.75 Å². The van der Waals surface area contributed by atoms with Crippen LogP contribution in [0, 0.1) is 0 Å². The minimum atomic E-state index is -3.06. The zero-order valence-electron chi connectivity index (χ0n) is 15.3. The number of rotatable bonds is 6. The number of benzene rings is 1. The molecule has 0 bridgehead atoms. The van der Waals surface area contributed by atoms with E-state index in [4.69, 9.17) is 4.74 Å². The molecule has 1 aliphatic heterocycles. The number of methoxy groups -OCH3 is 1. The number of hydrogen-bond acceptors (Lipinski definition) is 7. The lowest BCUT2D eigenvalue weighted by Crippen LogP contribution is -2.41. The van der Waals surface area contributed by atoms with Crippen LogP contribution < -0.4 is 10.1 Å². The third-order valence-corrected chi connectivity index (χ3v) is 6.23. The number of nitrogens with zero attached hydrogens (tertiary/aromatic N) is 3. The average Bonchev–Trinajstić information content (AvgIpc) is 3.02. The van der Waals surface area contributed by atoms with Crippen LogP contribution in [0.15, 0.2) is 36.4 Å². The molecule has 1 aromatic carbocycles. The van der Waals surface area contributed by atoms with Gasteiger partial charge in [-0.2, -0.15) is 0 Å². The molecule has 8 nitrogen and oxygen atoms in total. The summed E-state index contributed by atoms with van der Waals surface area (Å²) in [5.74, 6) is 1.03. The van der Waals surface area contributed by atoms with Crippen molar-refractivity contribution in [1.82, 2.24) is 15.1 Å². The molecule has 27 heavy (non-hydrogen) atoms. The van der Waals surface area contributed by atoms with Gasteiger partial charge in [-0.3, -0.25) is 4.79 Å². The molecular formula is C18H22N4O4S. The van der Waals surface area contributed by atoms with Crippen molar-refractivity contribution >= 4 is 27.2 Å². The van der Waals surface area contributed by atoms with Gasteiger partial charge in [-0.05, 0) is 37.6 Å². The van der Waals surface area contributed by atoms with E-state index in [9.17, 15) is 13.2 Å². The Hall–Kier alpha value is -2.68. The Kier molecular flexibility index (Phi) is 5.59. The average molecular weight is 390 g/mol. The topological polar surface area (TPSA) is 101 Å². The van der Waals surface area contributed by atoms with Gasteiger partial charge in [-0.1, -0.05) is 6.07 Å². The molecular weight excluding hydrogens is 368 g/mol. The quantitative estimate of drug-likeness (QED) is 0.803. The number of hydrogen-bond donors (Lipinski definition) is 1. The molecule has 3 rings (SSSR count). The van der Waals surface area contributed by atoms with Gasteiger partial charge in [-0.15, -0.1) is 10.2 Å². The Balaban J connectivity index is 1.71. The Morgan fingerprint density at radius 1 is 1.30 bits per heavy atom. The molecule has 1 fully saturated rings. The van der Waals surface area contributed by atoms with Gasteiger partial charge >= 0.3 is 0 Å². The second-order valence-electron chi connectivity index (χ2n) is 6.31. The molecule has 1 N–H and O–H groups in total. The Morgan fingerprint density at radius 2 is 2.11 bits per heavy atom. The summed E-state index contributed by atoms with van der Waals surface area (Å²) in [5.41, 5.74) is 0.978. The molecule has 1 aromatic heterocycles. The van der Waals surface area contributed by atoms with Gasteiger partial charge < -0.3 is 15.0 Å². The van der Waals surface area contributed by atoms with E-state index in [0.717, 1.165) is 5.69 Å². The third kappa shape index (κ3) is 4.54. The van der Waals surface area contributed by atoms with E-state index in [-0.39, 0.29) is 29.1 Å². The maximum Gasteiger partial charge on any atom is 0.274 e. The van der Waals surface area contributed by atoms with Gasteiger partial charge in [0.05, 0.1) is 18.6 Å². The van der Waals surface area contributed by atoms with Crippen LogP contribution in [-0.4, -0.2) is 60.6 Å². The summed E-state index contributed by atoms with van der Waals surface area (Å²) in [6, 6.07) is 10.3. The second-order valence-corrected chi connectivity index (χ2v) is 8.54. The van der Waals surface area contributed by atoms with Crippen LogP contribution in [0.5, 0.6) is 5.75 Å². The van der Waals surface area contributed by atoms with Crippen LogP contribution in [0.1, 0.15) is 23.8 Å². The van der Waals surface area contributed by atoms with Crippen LogP contribution in [0.3, 0.4) is 0 Å². The fourth-order valence-electron chi connectivity index (χ4n) is 3.10.